The number of nitrogens with one attached hydrogen (secondary N) is 1. The van der Waals surface area contributed by atoms with E-state index in [0.29, 0.717) is 11.0 Å². The highest BCUT2D eigenvalue weighted by Gasteiger charge is 2.25. The van der Waals surface area contributed by atoms with Crippen LogP contribution in [0.4, 0.5) is 0 Å². The first kappa shape index (κ1) is 14.2. The first-order chi connectivity index (χ1) is 10.1. The summed E-state index contributed by atoms with van der Waals surface area (Å²) in [6.07, 6.45) is 0.783. The smallest absolute Gasteiger partial charge is 0.189 e. The van der Waals surface area contributed by atoms with Crippen LogP contribution in [0.2, 0.25) is 10.0 Å². The van der Waals surface area contributed by atoms with E-state index < -0.39 is 0 Å². The maximum atomic E-state index is 6.28. The highest BCUT2D eigenvalue weighted by molar-refractivity contribution is 6.31. The Morgan fingerprint density at radius 3 is 2.67 bits per heavy atom. The van der Waals surface area contributed by atoms with Crippen molar-refractivity contribution in [1.29, 1.82) is 0 Å². The molecule has 2 atom stereocenters. The molecule has 3 N–H and O–H groups in total. The number of aliphatic imine (C=N–C) groups is 1. The molecule has 0 saturated heterocycles. The Kier molecular flexibility index (Phi) is 4.04. The lowest BCUT2D eigenvalue weighted by atomic mass is 9.94. The fourth-order valence-electron chi connectivity index (χ4n) is 2.61. The summed E-state index contributed by atoms with van der Waals surface area (Å²) < 4.78 is 0. The maximum Gasteiger partial charge on any atom is 0.189 e. The van der Waals surface area contributed by atoms with Crippen LogP contribution in [0.15, 0.2) is 53.5 Å². The van der Waals surface area contributed by atoms with E-state index in [4.69, 9.17) is 28.9 Å². The van der Waals surface area contributed by atoms with E-state index in [1.54, 1.807) is 0 Å². The molecule has 1 aliphatic heterocycles. The summed E-state index contributed by atoms with van der Waals surface area (Å²) in [7, 11) is 0. The van der Waals surface area contributed by atoms with Gasteiger partial charge >= 0.3 is 0 Å². The summed E-state index contributed by atoms with van der Waals surface area (Å²) in [6.45, 7) is 0. The number of hydrogen-bond acceptors (Lipinski definition) is 3. The van der Waals surface area contributed by atoms with Crippen molar-refractivity contribution in [3.05, 3.63) is 69.7 Å². The molecule has 2 aromatic carbocycles. The monoisotopic (exact) mass is 319 g/mol. The second-order valence-corrected chi connectivity index (χ2v) is 5.88. The van der Waals surface area contributed by atoms with Crippen molar-refractivity contribution in [2.75, 3.05) is 0 Å². The molecule has 0 bridgehead atoms. The van der Waals surface area contributed by atoms with E-state index in [1.807, 2.05) is 48.5 Å². The zero-order valence-corrected chi connectivity index (χ0v) is 12.8. The summed E-state index contributed by atoms with van der Waals surface area (Å²) in [5.41, 5.74) is 8.03. The number of hydrogen-bond donors (Lipinski definition) is 2. The van der Waals surface area contributed by atoms with Crippen LogP contribution in [0.25, 0.3) is 0 Å². The van der Waals surface area contributed by atoms with Crippen molar-refractivity contribution in [3.63, 3.8) is 0 Å². The molecule has 2 unspecified atom stereocenters. The van der Waals surface area contributed by atoms with Crippen molar-refractivity contribution < 1.29 is 0 Å². The van der Waals surface area contributed by atoms with Gasteiger partial charge in [0.05, 0.1) is 12.1 Å². The van der Waals surface area contributed by atoms with Gasteiger partial charge < -0.3 is 11.1 Å². The van der Waals surface area contributed by atoms with Crippen LogP contribution in [-0.4, -0.2) is 5.96 Å². The van der Waals surface area contributed by atoms with E-state index >= 15 is 0 Å². The topological polar surface area (TPSA) is 50.4 Å². The zero-order valence-electron chi connectivity index (χ0n) is 11.3. The molecule has 5 heteroatoms. The zero-order chi connectivity index (χ0) is 14.8. The summed E-state index contributed by atoms with van der Waals surface area (Å²) >= 11 is 12.3. The molecule has 108 valence electrons. The number of nitrogens with zero attached hydrogens (tertiary/aromatic N) is 1. The van der Waals surface area contributed by atoms with E-state index in [0.717, 1.165) is 22.6 Å². The van der Waals surface area contributed by atoms with E-state index in [1.165, 1.54) is 0 Å². The largest absolute Gasteiger partial charge is 0.370 e. The standard InChI is InChI=1S/C16H15Cl2N3/c17-11-5-3-4-10(8-11)14-9-15(21-16(19)20-14)12-6-1-2-7-13(12)18/h1-8,14-15H,9H2,(H3,19,20,21). The Morgan fingerprint density at radius 1 is 1.10 bits per heavy atom. The van der Waals surface area contributed by atoms with Gasteiger partial charge in [-0.15, -0.1) is 0 Å². The second-order valence-electron chi connectivity index (χ2n) is 5.04. The first-order valence-electron chi connectivity index (χ1n) is 6.73. The van der Waals surface area contributed by atoms with E-state index in [2.05, 4.69) is 10.3 Å². The van der Waals surface area contributed by atoms with Gasteiger partial charge in [0.1, 0.15) is 0 Å². The highest BCUT2D eigenvalue weighted by Crippen LogP contribution is 2.35. The lowest BCUT2D eigenvalue weighted by Crippen LogP contribution is -2.39. The van der Waals surface area contributed by atoms with E-state index in [9.17, 15) is 0 Å². The van der Waals surface area contributed by atoms with Gasteiger partial charge in [-0.25, -0.2) is 4.99 Å². The number of halogens is 2. The molecule has 1 aliphatic rings. The third-order valence-corrected chi connectivity index (χ3v) is 4.17. The maximum absolute atomic E-state index is 6.28. The predicted molar refractivity (Wildman–Crippen MR) is 87.8 cm³/mol. The molecule has 1 heterocycles. The van der Waals surface area contributed by atoms with Gasteiger partial charge in [-0.1, -0.05) is 53.5 Å². The van der Waals surface area contributed by atoms with Crippen LogP contribution in [0.1, 0.15) is 29.6 Å². The van der Waals surface area contributed by atoms with Crippen LogP contribution in [0.5, 0.6) is 0 Å². The Bertz CT molecular complexity index is 685. The van der Waals surface area contributed by atoms with Crippen molar-refractivity contribution in [3.8, 4) is 0 Å². The summed E-state index contributed by atoms with van der Waals surface area (Å²) in [4.78, 5) is 4.48. The van der Waals surface area contributed by atoms with Crippen LogP contribution in [0.3, 0.4) is 0 Å². The number of nitrogens with two attached hydrogens (primary N) is 1. The molecule has 0 radical (unpaired) electrons. The SMILES string of the molecule is NC1=NC(c2cccc(Cl)c2)CC(c2ccccc2Cl)N1. The second kappa shape index (κ2) is 5.96. The average Bonchev–Trinajstić information content (AvgIpc) is 2.47. The molecule has 0 fully saturated rings. The van der Waals surface area contributed by atoms with Crippen LogP contribution in [0, 0.1) is 0 Å². The fourth-order valence-corrected chi connectivity index (χ4v) is 3.07. The molecule has 0 aromatic heterocycles. The molecular formula is C16H15Cl2N3. The Balaban J connectivity index is 1.92. The summed E-state index contributed by atoms with van der Waals surface area (Å²) in [6, 6.07) is 15.5. The Morgan fingerprint density at radius 2 is 1.90 bits per heavy atom. The normalized spacial score (nSPS) is 21.5. The number of rotatable bonds is 2. The molecule has 0 amide bonds. The quantitative estimate of drug-likeness (QED) is 0.876. The van der Waals surface area contributed by atoms with Gasteiger partial charge in [-0.3, -0.25) is 0 Å². The van der Waals surface area contributed by atoms with Gasteiger partial charge in [-0.05, 0) is 35.7 Å². The van der Waals surface area contributed by atoms with Crippen molar-refractivity contribution in [1.82, 2.24) is 5.32 Å². The van der Waals surface area contributed by atoms with Gasteiger partial charge in [-0.2, -0.15) is 0 Å². The molecule has 3 nitrogen and oxygen atoms in total. The molecule has 21 heavy (non-hydrogen) atoms. The molecular weight excluding hydrogens is 305 g/mol. The first-order valence-corrected chi connectivity index (χ1v) is 7.49. The summed E-state index contributed by atoms with van der Waals surface area (Å²) in [5.74, 6) is 0.427. The highest BCUT2D eigenvalue weighted by atomic mass is 35.5. The lowest BCUT2D eigenvalue weighted by molar-refractivity contribution is 0.487. The molecule has 3 rings (SSSR count). The van der Waals surface area contributed by atoms with Crippen LogP contribution < -0.4 is 11.1 Å². The fraction of sp³-hybridized carbons (Fsp3) is 0.188. The predicted octanol–water partition coefficient (Wildman–Crippen LogP) is 4.08. The summed E-state index contributed by atoms with van der Waals surface area (Å²) in [5, 5.41) is 4.63. The third kappa shape index (κ3) is 3.14. The van der Waals surface area contributed by atoms with Gasteiger partial charge in [0.2, 0.25) is 0 Å². The number of benzene rings is 2. The molecule has 2 aromatic rings. The van der Waals surface area contributed by atoms with Gasteiger partial charge in [0.25, 0.3) is 0 Å². The molecule has 0 saturated carbocycles. The molecule has 0 aliphatic carbocycles. The van der Waals surface area contributed by atoms with E-state index in [-0.39, 0.29) is 12.1 Å². The van der Waals surface area contributed by atoms with Crippen molar-refractivity contribution >= 4 is 29.2 Å². The van der Waals surface area contributed by atoms with Gasteiger partial charge in [0, 0.05) is 10.0 Å². The van der Waals surface area contributed by atoms with Crippen molar-refractivity contribution in [2.24, 2.45) is 10.7 Å². The third-order valence-electron chi connectivity index (χ3n) is 3.59. The Hall–Kier alpha value is -1.71. The number of guanidine groups is 1. The average molecular weight is 320 g/mol. The van der Waals surface area contributed by atoms with Crippen LogP contribution in [-0.2, 0) is 0 Å². The minimum absolute atomic E-state index is 0.0220. The van der Waals surface area contributed by atoms with Gasteiger partial charge in [0.15, 0.2) is 5.96 Å². The minimum atomic E-state index is -0.0220. The van der Waals surface area contributed by atoms with Crippen LogP contribution >= 0.6 is 23.2 Å². The lowest BCUT2D eigenvalue weighted by Gasteiger charge is -2.29. The molecule has 0 spiro atoms. The minimum Gasteiger partial charge on any atom is -0.370 e. The Labute approximate surface area is 133 Å². The van der Waals surface area contributed by atoms with Crippen molar-refractivity contribution in [2.45, 2.75) is 18.5 Å².